The van der Waals surface area contributed by atoms with Gasteiger partial charge in [-0.2, -0.15) is 0 Å². The third-order valence-electron chi connectivity index (χ3n) is 3.62. The molecule has 118 valence electrons. The molecule has 0 radical (unpaired) electrons. The van der Waals surface area contributed by atoms with Crippen molar-refractivity contribution >= 4 is 28.7 Å². The summed E-state index contributed by atoms with van der Waals surface area (Å²) < 4.78 is 5.52. The number of hydrogen-bond acceptors (Lipinski definition) is 4. The first-order valence-corrected chi connectivity index (χ1v) is 7.24. The van der Waals surface area contributed by atoms with E-state index in [1.165, 1.54) is 12.3 Å². The second kappa shape index (κ2) is 6.34. The normalized spacial score (nSPS) is 11.0. The molecule has 0 saturated carbocycles. The van der Waals surface area contributed by atoms with Gasteiger partial charge in [0.1, 0.15) is 5.76 Å². The van der Waals surface area contributed by atoms with Crippen LogP contribution >= 0.6 is 0 Å². The molecule has 1 aromatic carbocycles. The standard InChI is InChI=1S/C19H14N2O3/c1-3-5-8-14-13(4-2)18(17-11-7-12-24-17)19-15(20-14)9-6-10-16(19)21(22)23/h3-12H,1-2H2. The Morgan fingerprint density at radius 2 is 2.04 bits per heavy atom. The van der Waals surface area contributed by atoms with Crippen molar-refractivity contribution in [2.24, 2.45) is 0 Å². The fourth-order valence-electron chi connectivity index (χ4n) is 2.65. The molecule has 0 fully saturated rings. The van der Waals surface area contributed by atoms with Crippen LogP contribution in [0.25, 0.3) is 34.4 Å². The third-order valence-corrected chi connectivity index (χ3v) is 3.62. The molecule has 0 bridgehead atoms. The quantitative estimate of drug-likeness (QED) is 0.366. The van der Waals surface area contributed by atoms with E-state index in [-0.39, 0.29) is 5.69 Å². The predicted molar refractivity (Wildman–Crippen MR) is 95.4 cm³/mol. The molecule has 0 spiro atoms. The maximum atomic E-state index is 11.5. The van der Waals surface area contributed by atoms with Gasteiger partial charge in [-0.25, -0.2) is 4.98 Å². The Morgan fingerprint density at radius 3 is 2.67 bits per heavy atom. The molecule has 0 amide bonds. The van der Waals surface area contributed by atoms with Crippen LogP contribution in [0.15, 0.2) is 66.3 Å². The van der Waals surface area contributed by atoms with Crippen LogP contribution in [0.3, 0.4) is 0 Å². The van der Waals surface area contributed by atoms with Crippen molar-refractivity contribution in [2.45, 2.75) is 0 Å². The number of pyridine rings is 1. The molecule has 0 aliphatic carbocycles. The van der Waals surface area contributed by atoms with Gasteiger partial charge in [0.15, 0.2) is 0 Å². The summed E-state index contributed by atoms with van der Waals surface area (Å²) in [4.78, 5) is 15.6. The molecular formula is C19H14N2O3. The van der Waals surface area contributed by atoms with Gasteiger partial charge < -0.3 is 4.42 Å². The number of hydrogen-bond donors (Lipinski definition) is 0. The lowest BCUT2D eigenvalue weighted by molar-refractivity contribution is -0.383. The molecule has 5 nitrogen and oxygen atoms in total. The van der Waals surface area contributed by atoms with Gasteiger partial charge in [-0.15, -0.1) is 0 Å². The highest BCUT2D eigenvalue weighted by Crippen LogP contribution is 2.39. The van der Waals surface area contributed by atoms with Gasteiger partial charge in [0, 0.05) is 17.2 Å². The van der Waals surface area contributed by atoms with Gasteiger partial charge in [0.2, 0.25) is 0 Å². The highest BCUT2D eigenvalue weighted by molar-refractivity contribution is 6.04. The molecule has 0 saturated heterocycles. The van der Waals surface area contributed by atoms with Crippen molar-refractivity contribution in [2.75, 3.05) is 0 Å². The minimum Gasteiger partial charge on any atom is -0.464 e. The Bertz CT molecular complexity index is 970. The maximum Gasteiger partial charge on any atom is 0.279 e. The number of furan rings is 1. The number of rotatable bonds is 5. The fourth-order valence-corrected chi connectivity index (χ4v) is 2.65. The highest BCUT2D eigenvalue weighted by Gasteiger charge is 2.22. The summed E-state index contributed by atoms with van der Waals surface area (Å²) >= 11 is 0. The molecule has 5 heteroatoms. The molecule has 0 unspecified atom stereocenters. The number of aromatic nitrogens is 1. The number of nitrogens with zero attached hydrogens (tertiary/aromatic N) is 2. The molecule has 2 heterocycles. The van der Waals surface area contributed by atoms with Crippen LogP contribution in [-0.4, -0.2) is 9.91 Å². The molecule has 2 aromatic heterocycles. The van der Waals surface area contributed by atoms with E-state index in [1.54, 1.807) is 48.6 Å². The minimum atomic E-state index is -0.414. The first-order valence-electron chi connectivity index (χ1n) is 7.24. The van der Waals surface area contributed by atoms with Gasteiger partial charge in [-0.3, -0.25) is 10.1 Å². The smallest absolute Gasteiger partial charge is 0.279 e. The zero-order valence-corrected chi connectivity index (χ0v) is 12.8. The fraction of sp³-hybridized carbons (Fsp3) is 0. The molecule has 3 rings (SSSR count). The van der Waals surface area contributed by atoms with Crippen molar-refractivity contribution in [3.05, 3.63) is 83.3 Å². The number of nitro groups is 1. The van der Waals surface area contributed by atoms with Crippen LogP contribution in [-0.2, 0) is 0 Å². The summed E-state index contributed by atoms with van der Waals surface area (Å²) in [6.07, 6.45) is 8.34. The van der Waals surface area contributed by atoms with E-state index >= 15 is 0 Å². The summed E-state index contributed by atoms with van der Waals surface area (Å²) in [5, 5.41) is 11.9. The lowest BCUT2D eigenvalue weighted by atomic mass is 9.96. The van der Waals surface area contributed by atoms with Gasteiger partial charge in [-0.1, -0.05) is 37.5 Å². The van der Waals surface area contributed by atoms with Crippen molar-refractivity contribution in [1.82, 2.24) is 4.98 Å². The second-order valence-corrected chi connectivity index (χ2v) is 4.99. The largest absolute Gasteiger partial charge is 0.464 e. The monoisotopic (exact) mass is 318 g/mol. The number of fused-ring (bicyclic) bond motifs is 1. The zero-order valence-electron chi connectivity index (χ0n) is 12.8. The Morgan fingerprint density at radius 1 is 1.21 bits per heavy atom. The van der Waals surface area contributed by atoms with E-state index in [2.05, 4.69) is 18.1 Å². The van der Waals surface area contributed by atoms with Crippen LogP contribution < -0.4 is 0 Å². The summed E-state index contributed by atoms with van der Waals surface area (Å²) in [5.41, 5.74) is 2.42. The molecule has 24 heavy (non-hydrogen) atoms. The number of benzene rings is 1. The predicted octanol–water partition coefficient (Wildman–Crippen LogP) is 5.25. The number of non-ortho nitro benzene ring substituents is 1. The van der Waals surface area contributed by atoms with E-state index in [9.17, 15) is 10.1 Å². The molecule has 3 aromatic rings. The minimum absolute atomic E-state index is 0.0197. The van der Waals surface area contributed by atoms with Crippen molar-refractivity contribution in [1.29, 1.82) is 0 Å². The van der Waals surface area contributed by atoms with Gasteiger partial charge >= 0.3 is 0 Å². The lowest BCUT2D eigenvalue weighted by Gasteiger charge is -2.11. The van der Waals surface area contributed by atoms with Crippen LogP contribution in [0, 0.1) is 10.1 Å². The Kier molecular flexibility index (Phi) is 4.07. The SMILES string of the molecule is C=CC=Cc1nc2cccc([N+](=O)[O-])c2c(-c2ccco2)c1C=C. The van der Waals surface area contributed by atoms with Crippen LogP contribution in [0.4, 0.5) is 5.69 Å². The van der Waals surface area contributed by atoms with Crippen LogP contribution in [0.1, 0.15) is 11.3 Å². The Labute approximate surface area is 138 Å². The zero-order chi connectivity index (χ0) is 17.1. The van der Waals surface area contributed by atoms with E-state index < -0.39 is 4.92 Å². The number of allylic oxidation sites excluding steroid dienone is 2. The topological polar surface area (TPSA) is 69.2 Å². The van der Waals surface area contributed by atoms with Crippen LogP contribution in [0.5, 0.6) is 0 Å². The van der Waals surface area contributed by atoms with E-state index in [1.807, 2.05) is 0 Å². The van der Waals surface area contributed by atoms with Gasteiger partial charge in [0.25, 0.3) is 5.69 Å². The molecule has 0 atom stereocenters. The second-order valence-electron chi connectivity index (χ2n) is 4.99. The lowest BCUT2D eigenvalue weighted by Crippen LogP contribution is -1.98. The van der Waals surface area contributed by atoms with Gasteiger partial charge in [-0.05, 0) is 24.3 Å². The molecule has 0 aliphatic heterocycles. The summed E-state index contributed by atoms with van der Waals surface area (Å²) in [5.74, 6) is 0.528. The molecule has 0 aliphatic rings. The maximum absolute atomic E-state index is 11.5. The van der Waals surface area contributed by atoms with Crippen molar-refractivity contribution in [3.8, 4) is 11.3 Å². The van der Waals surface area contributed by atoms with Crippen molar-refractivity contribution < 1.29 is 9.34 Å². The summed E-state index contributed by atoms with van der Waals surface area (Å²) in [6, 6.07) is 8.32. The first-order chi connectivity index (χ1) is 11.7. The third kappa shape index (κ3) is 2.52. The highest BCUT2D eigenvalue weighted by atomic mass is 16.6. The summed E-state index contributed by atoms with van der Waals surface area (Å²) in [6.45, 7) is 7.50. The van der Waals surface area contributed by atoms with E-state index in [0.29, 0.717) is 33.5 Å². The average molecular weight is 318 g/mol. The molecular weight excluding hydrogens is 304 g/mol. The first kappa shape index (κ1) is 15.4. The average Bonchev–Trinajstić information content (AvgIpc) is 3.11. The summed E-state index contributed by atoms with van der Waals surface area (Å²) in [7, 11) is 0. The number of nitro benzene ring substituents is 1. The Hall–Kier alpha value is -3.47. The van der Waals surface area contributed by atoms with Crippen LogP contribution in [0.2, 0.25) is 0 Å². The van der Waals surface area contributed by atoms with E-state index in [0.717, 1.165) is 0 Å². The van der Waals surface area contributed by atoms with Gasteiger partial charge in [0.05, 0.1) is 27.8 Å². The van der Waals surface area contributed by atoms with Crippen molar-refractivity contribution in [3.63, 3.8) is 0 Å². The Balaban J connectivity index is 2.52. The van der Waals surface area contributed by atoms with E-state index in [4.69, 9.17) is 4.42 Å². The molecule has 0 N–H and O–H groups in total.